The minimum Gasteiger partial charge on any atom is -0.396 e. The van der Waals surface area contributed by atoms with Crippen LogP contribution in [0.25, 0.3) is 0 Å². The predicted molar refractivity (Wildman–Crippen MR) is 129 cm³/mol. The number of aliphatic hydroxyl groups is 1. The molecule has 0 heterocycles. The van der Waals surface area contributed by atoms with E-state index in [2.05, 4.69) is 0 Å². The van der Waals surface area contributed by atoms with Crippen molar-refractivity contribution in [3.05, 3.63) is 0 Å². The molecule has 0 atom stereocenters. The molecule has 0 spiro atoms. The van der Waals surface area contributed by atoms with Crippen molar-refractivity contribution in [3.63, 3.8) is 0 Å². The zero-order valence-corrected chi connectivity index (χ0v) is 20.6. The Hall–Kier alpha value is -0.120. The Balaban J connectivity index is 0.000000303. The first-order valence-corrected chi connectivity index (χ1v) is 13.5. The molecule has 0 aromatic heterocycles. The van der Waals surface area contributed by atoms with Crippen molar-refractivity contribution in [1.29, 1.82) is 0 Å². The summed E-state index contributed by atoms with van der Waals surface area (Å²) >= 11 is 0. The van der Waals surface area contributed by atoms with Crippen molar-refractivity contribution < 1.29 is 14.6 Å². The molecule has 180 valence electrons. The van der Waals surface area contributed by atoms with E-state index in [-0.39, 0.29) is 5.79 Å². The van der Waals surface area contributed by atoms with Crippen LogP contribution in [0, 0.1) is 5.92 Å². The Kier molecular flexibility index (Phi) is 18.2. The summed E-state index contributed by atoms with van der Waals surface area (Å²) in [5, 5.41) is 9.20. The van der Waals surface area contributed by atoms with Crippen LogP contribution >= 0.6 is 0 Å². The van der Waals surface area contributed by atoms with Crippen LogP contribution in [0.1, 0.15) is 141 Å². The highest BCUT2D eigenvalue weighted by atomic mass is 16.7. The van der Waals surface area contributed by atoms with Gasteiger partial charge in [-0.15, -0.1) is 0 Å². The molecule has 0 saturated heterocycles. The lowest BCUT2D eigenvalue weighted by Crippen LogP contribution is -2.33. The van der Waals surface area contributed by atoms with Crippen molar-refractivity contribution in [2.45, 2.75) is 147 Å². The number of hydrogen-bond acceptors (Lipinski definition) is 3. The van der Waals surface area contributed by atoms with Gasteiger partial charge in [0.2, 0.25) is 0 Å². The Morgan fingerprint density at radius 1 is 0.533 bits per heavy atom. The van der Waals surface area contributed by atoms with Crippen LogP contribution < -0.4 is 0 Å². The fourth-order valence-electron chi connectivity index (χ4n) is 5.07. The van der Waals surface area contributed by atoms with E-state index in [1.54, 1.807) is 14.2 Å². The third-order valence-electron chi connectivity index (χ3n) is 7.34. The molecule has 0 radical (unpaired) electrons. The summed E-state index contributed by atoms with van der Waals surface area (Å²) < 4.78 is 11.2. The standard InChI is InChI=1S/C14H28O2.C13H26O/c1-15-14(16-2)12-10-8-6-4-3-5-7-9-11-13-14;14-12-13-10-8-6-4-2-1-3-5-7-9-11-13/h3-13H2,1-2H3;13-14H,1-12H2. The van der Waals surface area contributed by atoms with Gasteiger partial charge in [-0.25, -0.2) is 0 Å². The normalized spacial score (nSPS) is 24.1. The third kappa shape index (κ3) is 14.0. The number of ether oxygens (including phenoxy) is 2. The molecule has 0 aromatic rings. The van der Waals surface area contributed by atoms with E-state index in [4.69, 9.17) is 9.47 Å². The van der Waals surface area contributed by atoms with Crippen LogP contribution in [-0.2, 0) is 9.47 Å². The quantitative estimate of drug-likeness (QED) is 0.462. The van der Waals surface area contributed by atoms with Crippen LogP contribution in [0.15, 0.2) is 0 Å². The van der Waals surface area contributed by atoms with E-state index in [1.165, 1.54) is 128 Å². The lowest BCUT2D eigenvalue weighted by atomic mass is 9.93. The molecule has 0 aromatic carbocycles. The molecule has 2 rings (SSSR count). The summed E-state index contributed by atoms with van der Waals surface area (Å²) in [7, 11) is 3.57. The van der Waals surface area contributed by atoms with Crippen molar-refractivity contribution in [2.75, 3.05) is 20.8 Å². The second kappa shape index (κ2) is 19.6. The first-order chi connectivity index (χ1) is 14.8. The monoisotopic (exact) mass is 426 g/mol. The van der Waals surface area contributed by atoms with E-state index in [0.717, 1.165) is 12.8 Å². The molecule has 3 heteroatoms. The van der Waals surface area contributed by atoms with Gasteiger partial charge in [0.1, 0.15) is 0 Å². The minimum absolute atomic E-state index is 0.292. The molecular formula is C27H54O3. The molecule has 30 heavy (non-hydrogen) atoms. The van der Waals surface area contributed by atoms with Crippen LogP contribution in [0.4, 0.5) is 0 Å². The van der Waals surface area contributed by atoms with Gasteiger partial charge in [-0.1, -0.05) is 103 Å². The molecule has 0 aliphatic heterocycles. The number of rotatable bonds is 3. The SMILES string of the molecule is COC1(OC)CCCCCCCCCCC1.OCC1CCCCCCCCCCC1. The van der Waals surface area contributed by atoms with E-state index in [9.17, 15) is 5.11 Å². The maximum absolute atomic E-state index is 9.20. The van der Waals surface area contributed by atoms with Crippen molar-refractivity contribution in [1.82, 2.24) is 0 Å². The summed E-state index contributed by atoms with van der Waals surface area (Å²) in [6.45, 7) is 0.417. The van der Waals surface area contributed by atoms with Gasteiger partial charge < -0.3 is 14.6 Å². The van der Waals surface area contributed by atoms with E-state index in [1.807, 2.05) is 0 Å². The van der Waals surface area contributed by atoms with Gasteiger partial charge in [0.15, 0.2) is 5.79 Å². The fourth-order valence-corrected chi connectivity index (χ4v) is 5.07. The molecule has 2 saturated carbocycles. The second-order valence-corrected chi connectivity index (χ2v) is 9.81. The summed E-state index contributed by atoms with van der Waals surface area (Å²) in [4.78, 5) is 0. The smallest absolute Gasteiger partial charge is 0.167 e. The molecule has 1 N–H and O–H groups in total. The van der Waals surface area contributed by atoms with Crippen LogP contribution in [0.5, 0.6) is 0 Å². The van der Waals surface area contributed by atoms with Gasteiger partial charge in [-0.3, -0.25) is 0 Å². The number of hydrogen-bond donors (Lipinski definition) is 1. The Morgan fingerprint density at radius 3 is 1.13 bits per heavy atom. The van der Waals surface area contributed by atoms with E-state index in [0.29, 0.717) is 12.5 Å². The maximum Gasteiger partial charge on any atom is 0.167 e. The molecule has 0 unspecified atom stereocenters. The van der Waals surface area contributed by atoms with Gasteiger partial charge in [0.05, 0.1) is 0 Å². The average molecular weight is 427 g/mol. The van der Waals surface area contributed by atoms with Crippen LogP contribution in [0.3, 0.4) is 0 Å². The van der Waals surface area contributed by atoms with Gasteiger partial charge >= 0.3 is 0 Å². The average Bonchev–Trinajstić information content (AvgIpc) is 2.76. The molecule has 0 amide bonds. The highest BCUT2D eigenvalue weighted by Gasteiger charge is 2.28. The lowest BCUT2D eigenvalue weighted by molar-refractivity contribution is -0.216. The van der Waals surface area contributed by atoms with Crippen LogP contribution in [0.2, 0.25) is 0 Å². The van der Waals surface area contributed by atoms with Gasteiger partial charge in [0.25, 0.3) is 0 Å². The number of methoxy groups -OCH3 is 2. The molecule has 3 nitrogen and oxygen atoms in total. The first kappa shape index (κ1) is 27.9. The largest absolute Gasteiger partial charge is 0.396 e. The zero-order chi connectivity index (χ0) is 21.8. The topological polar surface area (TPSA) is 38.7 Å². The van der Waals surface area contributed by atoms with E-state index >= 15 is 0 Å². The predicted octanol–water partition coefficient (Wildman–Crippen LogP) is 8.18. The molecule has 2 aliphatic rings. The zero-order valence-electron chi connectivity index (χ0n) is 20.6. The minimum atomic E-state index is -0.292. The molecule has 2 fully saturated rings. The van der Waals surface area contributed by atoms with Crippen molar-refractivity contribution in [3.8, 4) is 0 Å². The van der Waals surface area contributed by atoms with Crippen molar-refractivity contribution >= 4 is 0 Å². The second-order valence-electron chi connectivity index (χ2n) is 9.81. The van der Waals surface area contributed by atoms with Gasteiger partial charge in [0, 0.05) is 33.7 Å². The summed E-state index contributed by atoms with van der Waals surface area (Å²) in [5.74, 6) is 0.313. The third-order valence-corrected chi connectivity index (χ3v) is 7.34. The first-order valence-electron chi connectivity index (χ1n) is 13.5. The lowest BCUT2D eigenvalue weighted by Gasteiger charge is -2.31. The van der Waals surface area contributed by atoms with Gasteiger partial charge in [-0.05, 0) is 31.6 Å². The molecule has 0 bridgehead atoms. The molecular weight excluding hydrogens is 372 g/mol. The number of aliphatic hydroxyl groups excluding tert-OH is 1. The summed E-state index contributed by atoms with van der Waals surface area (Å²) in [5.41, 5.74) is 0. The highest BCUT2D eigenvalue weighted by Crippen LogP contribution is 2.28. The maximum atomic E-state index is 9.20. The van der Waals surface area contributed by atoms with Gasteiger partial charge in [-0.2, -0.15) is 0 Å². The van der Waals surface area contributed by atoms with Crippen molar-refractivity contribution in [2.24, 2.45) is 5.92 Å². The Morgan fingerprint density at radius 2 is 0.833 bits per heavy atom. The Labute approximate surface area is 188 Å². The summed E-state index contributed by atoms with van der Waals surface area (Å²) in [6, 6.07) is 0. The highest BCUT2D eigenvalue weighted by molar-refractivity contribution is 4.70. The Bertz CT molecular complexity index is 328. The van der Waals surface area contributed by atoms with E-state index < -0.39 is 0 Å². The molecule has 2 aliphatic carbocycles. The summed E-state index contributed by atoms with van der Waals surface area (Å²) in [6.07, 6.45) is 29.4. The fraction of sp³-hybridized carbons (Fsp3) is 1.00. The van der Waals surface area contributed by atoms with Crippen LogP contribution in [-0.4, -0.2) is 31.7 Å².